The van der Waals surface area contributed by atoms with Crippen LogP contribution in [0.15, 0.2) is 41.9 Å². The minimum atomic E-state index is 0.0741. The SMILES string of the molecule is O=C(NCc1cccs1)N1C[C@@H]2CC[C@H](C1)N(Cc1ccccn1)C2. The van der Waals surface area contributed by atoms with Gasteiger partial charge in [0.25, 0.3) is 0 Å². The van der Waals surface area contributed by atoms with Gasteiger partial charge in [-0.3, -0.25) is 9.88 Å². The normalized spacial score (nSPS) is 23.4. The Hall–Kier alpha value is -1.92. The minimum Gasteiger partial charge on any atom is -0.333 e. The molecule has 2 aromatic rings. The van der Waals surface area contributed by atoms with Gasteiger partial charge in [0, 0.05) is 43.3 Å². The largest absolute Gasteiger partial charge is 0.333 e. The number of nitrogens with zero attached hydrogens (tertiary/aromatic N) is 3. The third kappa shape index (κ3) is 4.02. The number of carbonyl (C=O) groups is 1. The van der Waals surface area contributed by atoms with E-state index < -0.39 is 0 Å². The molecule has 0 aliphatic carbocycles. The first-order chi connectivity index (χ1) is 12.3. The molecule has 2 bridgehead atoms. The highest BCUT2D eigenvalue weighted by Crippen LogP contribution is 2.29. The molecule has 3 aliphatic heterocycles. The van der Waals surface area contributed by atoms with E-state index in [2.05, 4.69) is 27.3 Å². The molecule has 0 radical (unpaired) electrons. The van der Waals surface area contributed by atoms with E-state index in [1.807, 2.05) is 34.7 Å². The molecule has 2 aromatic heterocycles. The number of piperidine rings is 1. The van der Waals surface area contributed by atoms with Crippen LogP contribution >= 0.6 is 11.3 Å². The topological polar surface area (TPSA) is 48.5 Å². The van der Waals surface area contributed by atoms with Crippen molar-refractivity contribution in [1.29, 1.82) is 0 Å². The summed E-state index contributed by atoms with van der Waals surface area (Å²) in [4.78, 5) is 22.8. The summed E-state index contributed by atoms with van der Waals surface area (Å²) < 4.78 is 0. The van der Waals surface area contributed by atoms with Crippen LogP contribution in [0.4, 0.5) is 4.79 Å². The standard InChI is InChI=1S/C19H24N4OS/c24-19(21-10-18-5-3-9-25-18)23-12-15-6-7-17(14-23)22(11-15)13-16-4-1-2-8-20-16/h1-5,8-9,15,17H,6-7,10-14H2,(H,21,24)/t15-,17-/m1/s1. The van der Waals surface area contributed by atoms with Crippen molar-refractivity contribution in [3.63, 3.8) is 0 Å². The number of rotatable bonds is 4. The van der Waals surface area contributed by atoms with Crippen LogP contribution < -0.4 is 5.32 Å². The van der Waals surface area contributed by atoms with Gasteiger partial charge >= 0.3 is 6.03 Å². The number of thiophene rings is 1. The highest BCUT2D eigenvalue weighted by Gasteiger charge is 2.36. The van der Waals surface area contributed by atoms with Crippen molar-refractivity contribution in [2.75, 3.05) is 19.6 Å². The number of carbonyl (C=O) groups excluding carboxylic acids is 1. The van der Waals surface area contributed by atoms with Gasteiger partial charge in [-0.25, -0.2) is 4.79 Å². The highest BCUT2D eigenvalue weighted by atomic mass is 32.1. The van der Waals surface area contributed by atoms with Gasteiger partial charge in [-0.15, -0.1) is 11.3 Å². The van der Waals surface area contributed by atoms with E-state index in [9.17, 15) is 4.79 Å². The molecule has 25 heavy (non-hydrogen) atoms. The Morgan fingerprint density at radius 1 is 1.20 bits per heavy atom. The summed E-state index contributed by atoms with van der Waals surface area (Å²) >= 11 is 1.68. The maximum Gasteiger partial charge on any atom is 0.317 e. The van der Waals surface area contributed by atoms with E-state index in [1.54, 1.807) is 11.3 Å². The molecule has 0 saturated carbocycles. The number of hydrogen-bond donors (Lipinski definition) is 1. The molecular weight excluding hydrogens is 332 g/mol. The third-order valence-corrected chi connectivity index (χ3v) is 6.08. The molecule has 0 spiro atoms. The number of nitrogens with one attached hydrogen (secondary N) is 1. The predicted molar refractivity (Wildman–Crippen MR) is 99.3 cm³/mol. The minimum absolute atomic E-state index is 0.0741. The molecule has 1 N–H and O–H groups in total. The summed E-state index contributed by atoms with van der Waals surface area (Å²) in [5, 5.41) is 5.13. The van der Waals surface area contributed by atoms with Crippen LogP contribution in [0.1, 0.15) is 23.4 Å². The number of urea groups is 1. The van der Waals surface area contributed by atoms with Crippen LogP contribution in [0.25, 0.3) is 0 Å². The Morgan fingerprint density at radius 2 is 2.16 bits per heavy atom. The summed E-state index contributed by atoms with van der Waals surface area (Å²) in [5.41, 5.74) is 1.11. The Balaban J connectivity index is 1.38. The number of hydrogen-bond acceptors (Lipinski definition) is 4. The second-order valence-electron chi connectivity index (χ2n) is 6.99. The lowest BCUT2D eigenvalue weighted by Crippen LogP contribution is -2.45. The summed E-state index contributed by atoms with van der Waals surface area (Å²) in [6.07, 6.45) is 4.25. The molecule has 2 amide bonds. The fourth-order valence-corrected chi connectivity index (χ4v) is 4.57. The summed E-state index contributed by atoms with van der Waals surface area (Å²) in [5.74, 6) is 0.565. The van der Waals surface area contributed by atoms with Crippen LogP contribution in [0, 0.1) is 5.92 Å². The van der Waals surface area contributed by atoms with E-state index in [0.29, 0.717) is 18.5 Å². The fourth-order valence-electron chi connectivity index (χ4n) is 3.93. The molecule has 5 rings (SSSR count). The molecule has 3 fully saturated rings. The lowest BCUT2D eigenvalue weighted by atomic mass is 9.95. The Labute approximate surface area is 152 Å². The summed E-state index contributed by atoms with van der Waals surface area (Å²) in [6.45, 7) is 4.26. The quantitative estimate of drug-likeness (QED) is 0.916. The van der Waals surface area contributed by atoms with Crippen LogP contribution in [0.2, 0.25) is 0 Å². The van der Waals surface area contributed by atoms with Gasteiger partial charge in [-0.2, -0.15) is 0 Å². The first kappa shape index (κ1) is 16.5. The molecule has 3 saturated heterocycles. The Kier molecular flexibility index (Phi) is 4.99. The van der Waals surface area contributed by atoms with Crippen molar-refractivity contribution in [3.8, 4) is 0 Å². The van der Waals surface area contributed by atoms with E-state index in [4.69, 9.17) is 0 Å². The number of aromatic nitrogens is 1. The van der Waals surface area contributed by atoms with E-state index >= 15 is 0 Å². The second-order valence-corrected chi connectivity index (χ2v) is 8.02. The molecular formula is C19H24N4OS. The van der Waals surface area contributed by atoms with Gasteiger partial charge in [0.1, 0.15) is 0 Å². The average Bonchev–Trinajstić information content (AvgIpc) is 3.00. The van der Waals surface area contributed by atoms with Crippen LogP contribution in [-0.2, 0) is 13.1 Å². The van der Waals surface area contributed by atoms with E-state index in [0.717, 1.165) is 31.9 Å². The number of fused-ring (bicyclic) bond motifs is 4. The lowest BCUT2D eigenvalue weighted by Gasteiger charge is -2.35. The van der Waals surface area contributed by atoms with Crippen molar-refractivity contribution in [2.24, 2.45) is 5.92 Å². The van der Waals surface area contributed by atoms with Gasteiger partial charge in [-0.1, -0.05) is 12.1 Å². The Bertz CT molecular complexity index is 691. The van der Waals surface area contributed by atoms with Gasteiger partial charge in [0.05, 0.1) is 12.2 Å². The fraction of sp³-hybridized carbons (Fsp3) is 0.474. The predicted octanol–water partition coefficient (Wildman–Crippen LogP) is 2.95. The Morgan fingerprint density at radius 3 is 2.96 bits per heavy atom. The molecule has 5 nitrogen and oxygen atoms in total. The van der Waals surface area contributed by atoms with Crippen molar-refractivity contribution >= 4 is 17.4 Å². The smallest absolute Gasteiger partial charge is 0.317 e. The van der Waals surface area contributed by atoms with Crippen LogP contribution in [0.5, 0.6) is 0 Å². The zero-order valence-corrected chi connectivity index (χ0v) is 15.1. The first-order valence-corrected chi connectivity index (χ1v) is 9.85. The second kappa shape index (κ2) is 7.54. The van der Waals surface area contributed by atoms with Crippen LogP contribution in [0.3, 0.4) is 0 Å². The zero-order valence-electron chi connectivity index (χ0n) is 14.3. The summed E-state index contributed by atoms with van der Waals surface area (Å²) in [6, 6.07) is 10.7. The van der Waals surface area contributed by atoms with Crippen LogP contribution in [-0.4, -0.2) is 46.5 Å². The highest BCUT2D eigenvalue weighted by molar-refractivity contribution is 7.09. The van der Waals surface area contributed by atoms with Gasteiger partial charge in [0.2, 0.25) is 0 Å². The third-order valence-electron chi connectivity index (χ3n) is 5.20. The number of pyridine rings is 1. The monoisotopic (exact) mass is 356 g/mol. The van der Waals surface area contributed by atoms with Gasteiger partial charge < -0.3 is 10.2 Å². The number of amides is 2. The van der Waals surface area contributed by atoms with E-state index in [1.165, 1.54) is 17.7 Å². The maximum atomic E-state index is 12.6. The lowest BCUT2D eigenvalue weighted by molar-refractivity contribution is 0.122. The summed E-state index contributed by atoms with van der Waals surface area (Å²) in [7, 11) is 0. The van der Waals surface area contributed by atoms with Gasteiger partial charge in [0.15, 0.2) is 0 Å². The molecule has 3 aliphatic rings. The molecule has 0 aromatic carbocycles. The van der Waals surface area contributed by atoms with Crippen molar-refractivity contribution in [2.45, 2.75) is 32.0 Å². The molecule has 2 atom stereocenters. The molecule has 5 heterocycles. The maximum absolute atomic E-state index is 12.6. The average molecular weight is 356 g/mol. The molecule has 6 heteroatoms. The van der Waals surface area contributed by atoms with Gasteiger partial charge in [-0.05, 0) is 42.3 Å². The zero-order chi connectivity index (χ0) is 17.1. The molecule has 132 valence electrons. The van der Waals surface area contributed by atoms with E-state index in [-0.39, 0.29) is 6.03 Å². The van der Waals surface area contributed by atoms with Crippen molar-refractivity contribution in [1.82, 2.24) is 20.1 Å². The van der Waals surface area contributed by atoms with Crippen molar-refractivity contribution in [3.05, 3.63) is 52.5 Å². The first-order valence-electron chi connectivity index (χ1n) is 8.97. The molecule has 0 unspecified atom stereocenters. The van der Waals surface area contributed by atoms with Crippen molar-refractivity contribution < 1.29 is 4.79 Å².